The average Bonchev–Trinajstić information content (AvgIpc) is 3.27. The molecule has 3 heterocycles. The first-order chi connectivity index (χ1) is 15.3. The van der Waals surface area contributed by atoms with Crippen LogP contribution in [0.3, 0.4) is 0 Å². The van der Waals surface area contributed by atoms with Gasteiger partial charge in [0.05, 0.1) is 40.6 Å². The van der Waals surface area contributed by atoms with Crippen LogP contribution >= 0.6 is 11.6 Å². The van der Waals surface area contributed by atoms with Crippen molar-refractivity contribution in [3.8, 4) is 6.07 Å². The first kappa shape index (κ1) is 20.7. The van der Waals surface area contributed by atoms with Crippen LogP contribution in [-0.4, -0.2) is 32.8 Å². The number of nitriles is 1. The van der Waals surface area contributed by atoms with Crippen LogP contribution in [-0.2, 0) is 11.3 Å². The summed E-state index contributed by atoms with van der Waals surface area (Å²) in [6.45, 7) is 3.09. The number of hydrogen-bond donors (Lipinski definition) is 0. The second kappa shape index (κ2) is 7.45. The number of rotatable bonds is 3. The van der Waals surface area contributed by atoms with E-state index in [1.54, 1.807) is 12.4 Å². The molecular weight excluding hydrogens is 433 g/mol. The predicted molar refractivity (Wildman–Crippen MR) is 117 cm³/mol. The summed E-state index contributed by atoms with van der Waals surface area (Å²) in [4.78, 5) is 22.4. The van der Waals surface area contributed by atoms with Crippen molar-refractivity contribution in [1.82, 2.24) is 14.5 Å². The van der Waals surface area contributed by atoms with Gasteiger partial charge in [0.1, 0.15) is 5.60 Å². The maximum Gasteiger partial charge on any atom is 0.416 e. The lowest BCUT2D eigenvalue weighted by atomic mass is 9.68. The summed E-state index contributed by atoms with van der Waals surface area (Å²) in [5.74, 6) is -0.712. The Balaban J connectivity index is 1.40. The van der Waals surface area contributed by atoms with E-state index in [1.807, 2.05) is 12.1 Å². The Labute approximate surface area is 189 Å². The SMILES string of the molecule is C[C@]1(Cn2cnc3ccc(C#N)cc32)CCC[C@@]2(CN(c3ncc(Cl)cc3F)C(=O)O2)C1. The number of fused-ring (bicyclic) bond motifs is 1. The van der Waals surface area contributed by atoms with Gasteiger partial charge in [0.2, 0.25) is 0 Å². The summed E-state index contributed by atoms with van der Waals surface area (Å²) >= 11 is 5.81. The number of hydrogen-bond acceptors (Lipinski definition) is 5. The lowest BCUT2D eigenvalue weighted by Crippen LogP contribution is -2.45. The standard InChI is InChI=1S/C23H21ClFN5O2/c1-22(12-29-14-28-18-4-3-15(9-26)7-19(18)29)5-2-6-23(11-22)13-30(21(31)32-23)20-17(25)8-16(24)10-27-20/h3-4,7-8,10,14H,2,5-6,11-13H2,1H3/t22-,23-/m0/s1. The lowest BCUT2D eigenvalue weighted by Gasteiger charge is -2.43. The summed E-state index contributed by atoms with van der Waals surface area (Å²) in [7, 11) is 0. The van der Waals surface area contributed by atoms with Gasteiger partial charge in [0.15, 0.2) is 11.6 Å². The minimum atomic E-state index is -0.702. The monoisotopic (exact) mass is 453 g/mol. The van der Waals surface area contributed by atoms with E-state index in [0.717, 1.165) is 29.9 Å². The van der Waals surface area contributed by atoms with Crippen molar-refractivity contribution in [2.24, 2.45) is 5.41 Å². The molecule has 0 bridgehead atoms. The fourth-order valence-electron chi connectivity index (χ4n) is 5.21. The van der Waals surface area contributed by atoms with Crippen molar-refractivity contribution in [2.45, 2.75) is 44.8 Å². The number of carbonyl (C=O) groups excluding carboxylic acids is 1. The van der Waals surface area contributed by atoms with Gasteiger partial charge in [0, 0.05) is 12.7 Å². The second-order valence-corrected chi connectivity index (χ2v) is 9.56. The van der Waals surface area contributed by atoms with E-state index >= 15 is 0 Å². The summed E-state index contributed by atoms with van der Waals surface area (Å²) in [6.07, 6.45) is 5.70. The Hall–Kier alpha value is -3.18. The number of imidazole rings is 1. The molecule has 9 heteroatoms. The molecule has 0 unspecified atom stereocenters. The van der Waals surface area contributed by atoms with Gasteiger partial charge in [-0.15, -0.1) is 0 Å². The second-order valence-electron chi connectivity index (χ2n) is 9.12. The molecule has 2 aliphatic rings. The molecule has 164 valence electrons. The Morgan fingerprint density at radius 1 is 1.31 bits per heavy atom. The summed E-state index contributed by atoms with van der Waals surface area (Å²) < 4.78 is 22.3. The van der Waals surface area contributed by atoms with Gasteiger partial charge in [-0.05, 0) is 55.4 Å². The largest absolute Gasteiger partial charge is 0.441 e. The van der Waals surface area contributed by atoms with E-state index < -0.39 is 17.5 Å². The van der Waals surface area contributed by atoms with Gasteiger partial charge in [0.25, 0.3) is 0 Å². The highest BCUT2D eigenvalue weighted by Crippen LogP contribution is 2.48. The van der Waals surface area contributed by atoms with Crippen LogP contribution in [0.15, 0.2) is 36.8 Å². The zero-order valence-electron chi connectivity index (χ0n) is 17.5. The highest BCUT2D eigenvalue weighted by molar-refractivity contribution is 6.30. The van der Waals surface area contributed by atoms with Crippen molar-refractivity contribution in [2.75, 3.05) is 11.4 Å². The van der Waals surface area contributed by atoms with Crippen molar-refractivity contribution >= 4 is 34.5 Å². The molecule has 1 amide bonds. The summed E-state index contributed by atoms with van der Waals surface area (Å²) in [6, 6.07) is 8.77. The van der Waals surface area contributed by atoms with Crippen LogP contribution in [0.5, 0.6) is 0 Å². The number of ether oxygens (including phenoxy) is 1. The first-order valence-corrected chi connectivity index (χ1v) is 10.8. The minimum Gasteiger partial charge on any atom is -0.441 e. The fraction of sp³-hybridized carbons (Fsp3) is 0.391. The van der Waals surface area contributed by atoms with E-state index in [1.165, 1.54) is 11.1 Å². The molecule has 2 fully saturated rings. The molecule has 1 aliphatic carbocycles. The molecule has 0 radical (unpaired) electrons. The van der Waals surface area contributed by atoms with Crippen LogP contribution in [0.1, 0.15) is 38.2 Å². The van der Waals surface area contributed by atoms with Crippen LogP contribution < -0.4 is 4.90 Å². The molecule has 7 nitrogen and oxygen atoms in total. The van der Waals surface area contributed by atoms with Gasteiger partial charge in [-0.2, -0.15) is 5.26 Å². The van der Waals surface area contributed by atoms with E-state index in [2.05, 4.69) is 27.5 Å². The highest BCUT2D eigenvalue weighted by Gasteiger charge is 2.52. The Morgan fingerprint density at radius 3 is 2.94 bits per heavy atom. The molecule has 1 saturated carbocycles. The minimum absolute atomic E-state index is 0.0619. The molecule has 3 aromatic rings. The Morgan fingerprint density at radius 2 is 2.16 bits per heavy atom. The Bertz CT molecular complexity index is 1270. The molecule has 1 aromatic carbocycles. The number of aromatic nitrogens is 3. The molecular formula is C23H21ClFN5O2. The molecule has 5 rings (SSSR count). The average molecular weight is 454 g/mol. The number of halogens is 2. The summed E-state index contributed by atoms with van der Waals surface area (Å²) in [5, 5.41) is 9.42. The molecule has 1 saturated heterocycles. The molecule has 1 spiro atoms. The third-order valence-corrected chi connectivity index (χ3v) is 6.69. The van der Waals surface area contributed by atoms with Crippen molar-refractivity contribution in [3.05, 3.63) is 53.2 Å². The van der Waals surface area contributed by atoms with Gasteiger partial charge >= 0.3 is 6.09 Å². The van der Waals surface area contributed by atoms with E-state index in [4.69, 9.17) is 16.3 Å². The zero-order chi connectivity index (χ0) is 22.5. The molecule has 2 aromatic heterocycles. The van der Waals surface area contributed by atoms with Crippen LogP contribution in [0.25, 0.3) is 11.0 Å². The van der Waals surface area contributed by atoms with Gasteiger partial charge in [-0.25, -0.2) is 19.2 Å². The van der Waals surface area contributed by atoms with Crippen molar-refractivity contribution in [3.63, 3.8) is 0 Å². The van der Waals surface area contributed by atoms with Crippen LogP contribution in [0.4, 0.5) is 15.0 Å². The molecule has 1 aliphatic heterocycles. The molecule has 0 N–H and O–H groups in total. The van der Waals surface area contributed by atoms with Gasteiger partial charge < -0.3 is 9.30 Å². The summed E-state index contributed by atoms with van der Waals surface area (Å²) in [5.41, 5.74) is 1.45. The fourth-order valence-corrected chi connectivity index (χ4v) is 5.35. The van der Waals surface area contributed by atoms with E-state index in [0.29, 0.717) is 24.9 Å². The molecule has 32 heavy (non-hydrogen) atoms. The van der Waals surface area contributed by atoms with Crippen LogP contribution in [0.2, 0.25) is 5.02 Å². The number of amides is 1. The topological polar surface area (TPSA) is 84.0 Å². The third-order valence-electron chi connectivity index (χ3n) is 6.48. The smallest absolute Gasteiger partial charge is 0.416 e. The van der Waals surface area contributed by atoms with Crippen molar-refractivity contribution in [1.29, 1.82) is 5.26 Å². The first-order valence-electron chi connectivity index (χ1n) is 10.5. The highest BCUT2D eigenvalue weighted by atomic mass is 35.5. The van der Waals surface area contributed by atoms with Gasteiger partial charge in [-0.3, -0.25) is 4.90 Å². The Kier molecular flexibility index (Phi) is 4.82. The number of carbonyl (C=O) groups is 1. The maximum absolute atomic E-state index is 14.4. The quantitative estimate of drug-likeness (QED) is 0.552. The van der Waals surface area contributed by atoms with E-state index in [9.17, 15) is 14.4 Å². The number of nitrogens with zero attached hydrogens (tertiary/aromatic N) is 5. The van der Waals surface area contributed by atoms with Crippen molar-refractivity contribution < 1.29 is 13.9 Å². The van der Waals surface area contributed by atoms with Gasteiger partial charge in [-0.1, -0.05) is 18.5 Å². The zero-order valence-corrected chi connectivity index (χ0v) is 18.3. The number of benzene rings is 1. The van der Waals surface area contributed by atoms with E-state index in [-0.39, 0.29) is 22.8 Å². The number of pyridine rings is 1. The molecule has 2 atom stereocenters. The van der Waals surface area contributed by atoms with Crippen LogP contribution in [0, 0.1) is 22.6 Å². The lowest BCUT2D eigenvalue weighted by molar-refractivity contribution is -0.0264. The number of anilines is 1. The normalized spacial score (nSPS) is 25.3. The maximum atomic E-state index is 14.4. The third kappa shape index (κ3) is 3.56. The predicted octanol–water partition coefficient (Wildman–Crippen LogP) is 5.07.